The number of hydrogen-bond acceptors (Lipinski definition) is 4. The second-order valence-corrected chi connectivity index (χ2v) is 4.05. The molecule has 0 saturated heterocycles. The Labute approximate surface area is 100 Å². The largest absolute Gasteiger partial charge is 0.477 e. The van der Waals surface area contributed by atoms with Gasteiger partial charge in [0.2, 0.25) is 0 Å². The third kappa shape index (κ3) is 1.73. The van der Waals surface area contributed by atoms with E-state index in [1.165, 1.54) is 12.1 Å². The van der Waals surface area contributed by atoms with Gasteiger partial charge in [-0.1, -0.05) is 23.2 Å². The van der Waals surface area contributed by atoms with Crippen LogP contribution in [0, 0.1) is 0 Å². The zero-order valence-electron chi connectivity index (χ0n) is 7.74. The van der Waals surface area contributed by atoms with Gasteiger partial charge < -0.3 is 15.5 Å². The smallest absolute Gasteiger partial charge is 0.363 e. The minimum atomic E-state index is -2.22. The first kappa shape index (κ1) is 11.2. The highest BCUT2D eigenvalue weighted by Gasteiger charge is 2.37. The maximum atomic E-state index is 10.8. The standard InChI is InChI=1S/C9H6Cl2N2O3/c10-4-1-6-7(2-5(4)11)13-9(16,3-12-6)8(14)15/h1-3,13,16H,(H,14,15). The van der Waals surface area contributed by atoms with Gasteiger partial charge in [0.05, 0.1) is 27.6 Å². The molecule has 0 fully saturated rings. The van der Waals surface area contributed by atoms with Crippen LogP contribution in [0.5, 0.6) is 0 Å². The summed E-state index contributed by atoms with van der Waals surface area (Å²) in [7, 11) is 0. The molecule has 7 heteroatoms. The zero-order chi connectivity index (χ0) is 11.9. The Bertz CT molecular complexity index is 504. The number of benzene rings is 1. The number of anilines is 1. The van der Waals surface area contributed by atoms with Crippen LogP contribution in [0.25, 0.3) is 0 Å². The maximum absolute atomic E-state index is 10.8. The molecular formula is C9H6Cl2N2O3. The summed E-state index contributed by atoms with van der Waals surface area (Å²) in [4.78, 5) is 14.6. The van der Waals surface area contributed by atoms with E-state index in [1.54, 1.807) is 0 Å². The number of hydrogen-bond donors (Lipinski definition) is 3. The van der Waals surface area contributed by atoms with Crippen LogP contribution in [-0.2, 0) is 4.79 Å². The van der Waals surface area contributed by atoms with Crippen molar-refractivity contribution >= 4 is 46.8 Å². The van der Waals surface area contributed by atoms with Crippen molar-refractivity contribution in [1.29, 1.82) is 0 Å². The number of aliphatic hydroxyl groups is 1. The molecule has 1 aliphatic rings. The van der Waals surface area contributed by atoms with Crippen LogP contribution in [0.15, 0.2) is 17.1 Å². The van der Waals surface area contributed by atoms with Crippen molar-refractivity contribution in [3.8, 4) is 0 Å². The van der Waals surface area contributed by atoms with Gasteiger partial charge in [0.1, 0.15) is 0 Å². The minimum Gasteiger partial charge on any atom is -0.477 e. The van der Waals surface area contributed by atoms with Crippen molar-refractivity contribution in [2.24, 2.45) is 4.99 Å². The number of nitrogens with one attached hydrogen (secondary N) is 1. The summed E-state index contributed by atoms with van der Waals surface area (Å²) in [6, 6.07) is 2.88. The predicted molar refractivity (Wildman–Crippen MR) is 60.8 cm³/mol. The third-order valence-electron chi connectivity index (χ3n) is 2.08. The van der Waals surface area contributed by atoms with Gasteiger partial charge in [-0.2, -0.15) is 0 Å². The number of nitrogens with zero attached hydrogens (tertiary/aromatic N) is 1. The lowest BCUT2D eigenvalue weighted by Gasteiger charge is -2.26. The number of carbonyl (C=O) groups is 1. The van der Waals surface area contributed by atoms with Gasteiger partial charge >= 0.3 is 5.97 Å². The molecule has 0 spiro atoms. The van der Waals surface area contributed by atoms with E-state index in [0.29, 0.717) is 16.4 Å². The molecule has 1 aromatic carbocycles. The molecular weight excluding hydrogens is 255 g/mol. The predicted octanol–water partition coefficient (Wildman–Crippen LogP) is 1.89. The summed E-state index contributed by atoms with van der Waals surface area (Å²) < 4.78 is 0. The molecule has 2 rings (SSSR count). The lowest BCUT2D eigenvalue weighted by molar-refractivity contribution is -0.149. The summed E-state index contributed by atoms with van der Waals surface area (Å²) in [5.74, 6) is -1.45. The molecule has 1 heterocycles. The molecule has 0 radical (unpaired) electrons. The number of aliphatic carboxylic acids is 1. The number of fused-ring (bicyclic) bond motifs is 1. The topological polar surface area (TPSA) is 81.9 Å². The highest BCUT2D eigenvalue weighted by Crippen LogP contribution is 2.37. The molecule has 0 bridgehead atoms. The average molecular weight is 261 g/mol. The number of aliphatic imine (C=N–C) groups is 1. The number of rotatable bonds is 1. The summed E-state index contributed by atoms with van der Waals surface area (Å²) in [6.07, 6.45) is 0.891. The normalized spacial score (nSPS) is 22.4. The Balaban J connectivity index is 2.49. The van der Waals surface area contributed by atoms with Crippen molar-refractivity contribution in [3.63, 3.8) is 0 Å². The van der Waals surface area contributed by atoms with Gasteiger partial charge in [-0.05, 0) is 12.1 Å². The highest BCUT2D eigenvalue weighted by atomic mass is 35.5. The van der Waals surface area contributed by atoms with Gasteiger partial charge in [0, 0.05) is 0 Å². The summed E-state index contributed by atoms with van der Waals surface area (Å²) in [5, 5.41) is 21.4. The van der Waals surface area contributed by atoms with Crippen LogP contribution >= 0.6 is 23.2 Å². The Morgan fingerprint density at radius 2 is 2.00 bits per heavy atom. The van der Waals surface area contributed by atoms with Crippen LogP contribution in [0.2, 0.25) is 10.0 Å². The van der Waals surface area contributed by atoms with Crippen LogP contribution < -0.4 is 5.32 Å². The zero-order valence-corrected chi connectivity index (χ0v) is 9.25. The van der Waals surface area contributed by atoms with Crippen LogP contribution in [-0.4, -0.2) is 28.1 Å². The van der Waals surface area contributed by atoms with Crippen LogP contribution in [0.1, 0.15) is 0 Å². The third-order valence-corrected chi connectivity index (χ3v) is 2.80. The Morgan fingerprint density at radius 1 is 1.38 bits per heavy atom. The van der Waals surface area contributed by atoms with E-state index >= 15 is 0 Å². The van der Waals surface area contributed by atoms with E-state index in [9.17, 15) is 9.90 Å². The summed E-state index contributed by atoms with van der Waals surface area (Å²) in [5.41, 5.74) is -1.49. The van der Waals surface area contributed by atoms with E-state index < -0.39 is 11.7 Å². The van der Waals surface area contributed by atoms with Crippen LogP contribution in [0.4, 0.5) is 11.4 Å². The minimum absolute atomic E-state index is 0.248. The molecule has 0 amide bonds. The first-order chi connectivity index (χ1) is 7.42. The van der Waals surface area contributed by atoms with Crippen LogP contribution in [0.3, 0.4) is 0 Å². The van der Waals surface area contributed by atoms with Gasteiger partial charge in [-0.15, -0.1) is 0 Å². The molecule has 1 aromatic rings. The maximum Gasteiger partial charge on any atom is 0.363 e. The Morgan fingerprint density at radius 3 is 2.62 bits per heavy atom. The molecule has 3 N–H and O–H groups in total. The van der Waals surface area contributed by atoms with Crippen molar-refractivity contribution in [2.75, 3.05) is 5.32 Å². The molecule has 0 aliphatic carbocycles. The summed E-state index contributed by atoms with van der Waals surface area (Å²) in [6.45, 7) is 0. The van der Waals surface area contributed by atoms with Crippen molar-refractivity contribution in [3.05, 3.63) is 22.2 Å². The van der Waals surface area contributed by atoms with Crippen molar-refractivity contribution in [1.82, 2.24) is 0 Å². The first-order valence-corrected chi connectivity index (χ1v) is 4.96. The van der Waals surface area contributed by atoms with E-state index in [-0.39, 0.29) is 5.02 Å². The van der Waals surface area contributed by atoms with Gasteiger partial charge in [-0.3, -0.25) is 4.99 Å². The van der Waals surface area contributed by atoms with E-state index in [0.717, 1.165) is 6.21 Å². The fraction of sp³-hybridized carbons (Fsp3) is 0.111. The molecule has 1 atom stereocenters. The van der Waals surface area contributed by atoms with Gasteiger partial charge in [0.25, 0.3) is 5.72 Å². The second-order valence-electron chi connectivity index (χ2n) is 3.24. The number of halogens is 2. The fourth-order valence-corrected chi connectivity index (χ4v) is 1.57. The lowest BCUT2D eigenvalue weighted by atomic mass is 10.1. The second kappa shape index (κ2) is 3.62. The molecule has 16 heavy (non-hydrogen) atoms. The number of carboxylic acids is 1. The van der Waals surface area contributed by atoms with Gasteiger partial charge in [-0.25, -0.2) is 4.79 Å². The SMILES string of the molecule is O=C(O)C1(O)C=Nc2cc(Cl)c(Cl)cc2N1. The van der Waals surface area contributed by atoms with Crippen molar-refractivity contribution < 1.29 is 15.0 Å². The first-order valence-electron chi connectivity index (χ1n) is 4.20. The molecule has 1 aliphatic heterocycles. The molecule has 5 nitrogen and oxygen atoms in total. The van der Waals surface area contributed by atoms with E-state index in [1.807, 2.05) is 0 Å². The molecule has 0 saturated carbocycles. The molecule has 0 aromatic heterocycles. The molecule has 84 valence electrons. The van der Waals surface area contributed by atoms with Crippen molar-refractivity contribution in [2.45, 2.75) is 5.72 Å². The lowest BCUT2D eigenvalue weighted by Crippen LogP contribution is -2.49. The monoisotopic (exact) mass is 260 g/mol. The fourth-order valence-electron chi connectivity index (χ4n) is 1.25. The quantitative estimate of drug-likeness (QED) is 0.721. The van der Waals surface area contributed by atoms with E-state index in [4.69, 9.17) is 28.3 Å². The summed E-state index contributed by atoms with van der Waals surface area (Å²) >= 11 is 11.5. The highest BCUT2D eigenvalue weighted by molar-refractivity contribution is 6.42. The molecule has 1 unspecified atom stereocenters. The average Bonchev–Trinajstić information content (AvgIpc) is 2.20. The Hall–Kier alpha value is -1.30. The Kier molecular flexibility index (Phi) is 2.53. The van der Waals surface area contributed by atoms with E-state index in [2.05, 4.69) is 10.3 Å². The number of carboxylic acid groups (broad SMARTS) is 1. The van der Waals surface area contributed by atoms with Gasteiger partial charge in [0.15, 0.2) is 0 Å².